The Labute approximate surface area is 173 Å². The number of nitrogens with zero attached hydrogens (tertiary/aromatic N) is 2. The molecule has 0 amide bonds. The van der Waals surface area contributed by atoms with Crippen molar-refractivity contribution in [3.8, 4) is 0 Å². The van der Waals surface area contributed by atoms with E-state index < -0.39 is 0 Å². The second-order valence-electron chi connectivity index (χ2n) is 11.8. The Bertz CT molecular complexity index is 493. The minimum Gasteiger partial charge on any atom is -0.376 e. The van der Waals surface area contributed by atoms with E-state index in [0.29, 0.717) is 10.8 Å². The zero-order valence-corrected chi connectivity index (χ0v) is 19.0. The van der Waals surface area contributed by atoms with Gasteiger partial charge in [0.1, 0.15) is 0 Å². The van der Waals surface area contributed by atoms with E-state index in [4.69, 9.17) is 9.47 Å². The van der Waals surface area contributed by atoms with Crippen LogP contribution in [0.2, 0.25) is 0 Å². The molecule has 0 N–H and O–H groups in total. The minimum atomic E-state index is 0.0658. The molecular weight excluding hydrogens is 348 g/mol. The van der Waals surface area contributed by atoms with Crippen LogP contribution in [0.3, 0.4) is 0 Å². The molecular formula is C24H44N2O2. The summed E-state index contributed by atoms with van der Waals surface area (Å²) >= 11 is 0. The number of ether oxygens (including phenoxy) is 2. The molecule has 4 rings (SSSR count). The summed E-state index contributed by atoms with van der Waals surface area (Å²) in [7, 11) is 0. The van der Waals surface area contributed by atoms with Crippen molar-refractivity contribution in [2.45, 2.75) is 90.3 Å². The number of rotatable bonds is 3. The zero-order chi connectivity index (χ0) is 19.9. The van der Waals surface area contributed by atoms with Gasteiger partial charge in [0.05, 0.1) is 11.2 Å². The van der Waals surface area contributed by atoms with E-state index in [-0.39, 0.29) is 11.2 Å². The third-order valence-electron chi connectivity index (χ3n) is 8.07. The van der Waals surface area contributed by atoms with Crippen molar-refractivity contribution in [3.05, 3.63) is 0 Å². The monoisotopic (exact) mass is 392 g/mol. The summed E-state index contributed by atoms with van der Waals surface area (Å²) in [6, 6.07) is 0. The van der Waals surface area contributed by atoms with Crippen LogP contribution in [0.1, 0.15) is 79.1 Å². The first-order valence-electron chi connectivity index (χ1n) is 11.9. The number of hydrogen-bond acceptors (Lipinski definition) is 4. The lowest BCUT2D eigenvalue weighted by molar-refractivity contribution is -0.127. The first-order valence-corrected chi connectivity index (χ1v) is 11.9. The first-order chi connectivity index (χ1) is 13.2. The van der Waals surface area contributed by atoms with E-state index in [1.807, 2.05) is 0 Å². The second kappa shape index (κ2) is 7.83. The Morgan fingerprint density at radius 3 is 1.46 bits per heavy atom. The Morgan fingerprint density at radius 1 is 0.643 bits per heavy atom. The number of hydrogen-bond donors (Lipinski definition) is 0. The molecule has 2 spiro atoms. The van der Waals surface area contributed by atoms with E-state index in [1.54, 1.807) is 0 Å². The van der Waals surface area contributed by atoms with Crippen molar-refractivity contribution >= 4 is 0 Å². The molecule has 0 radical (unpaired) electrons. The maximum absolute atomic E-state index is 6.03. The highest BCUT2D eigenvalue weighted by Crippen LogP contribution is 2.46. The molecule has 4 aliphatic heterocycles. The predicted molar refractivity (Wildman–Crippen MR) is 115 cm³/mol. The third kappa shape index (κ3) is 4.94. The van der Waals surface area contributed by atoms with Gasteiger partial charge in [-0.05, 0) is 103 Å². The fourth-order valence-corrected chi connectivity index (χ4v) is 7.15. The highest BCUT2D eigenvalue weighted by Gasteiger charge is 2.45. The molecule has 4 nitrogen and oxygen atoms in total. The van der Waals surface area contributed by atoms with Crippen molar-refractivity contribution in [3.63, 3.8) is 0 Å². The van der Waals surface area contributed by atoms with Gasteiger partial charge in [0, 0.05) is 39.4 Å². The Balaban J connectivity index is 1.30. The van der Waals surface area contributed by atoms with Crippen molar-refractivity contribution in [1.82, 2.24) is 9.80 Å². The van der Waals surface area contributed by atoms with Crippen LogP contribution >= 0.6 is 0 Å². The van der Waals surface area contributed by atoms with Crippen molar-refractivity contribution in [1.29, 1.82) is 0 Å². The molecule has 4 aliphatic rings. The predicted octanol–water partition coefficient (Wildman–Crippen LogP) is 4.33. The molecule has 28 heavy (non-hydrogen) atoms. The van der Waals surface area contributed by atoms with Crippen molar-refractivity contribution in [2.75, 3.05) is 52.5 Å². The SMILES string of the molecule is CC1(C)C[C@]2(CCCN(CCN3CCC[C@@]4(CCOC(C)(C)C4)C3)C2)CCO1. The summed E-state index contributed by atoms with van der Waals surface area (Å²) < 4.78 is 12.1. The van der Waals surface area contributed by atoms with E-state index >= 15 is 0 Å². The third-order valence-corrected chi connectivity index (χ3v) is 8.07. The highest BCUT2D eigenvalue weighted by atomic mass is 16.5. The van der Waals surface area contributed by atoms with Gasteiger partial charge in [0.15, 0.2) is 0 Å². The summed E-state index contributed by atoms with van der Waals surface area (Å²) in [6.07, 6.45) is 10.5. The molecule has 2 atom stereocenters. The molecule has 4 saturated heterocycles. The lowest BCUT2D eigenvalue weighted by Crippen LogP contribution is -2.54. The van der Waals surface area contributed by atoms with Crippen LogP contribution in [0.15, 0.2) is 0 Å². The average molecular weight is 393 g/mol. The van der Waals surface area contributed by atoms with Crippen LogP contribution in [-0.2, 0) is 9.47 Å². The quantitative estimate of drug-likeness (QED) is 0.714. The fourth-order valence-electron chi connectivity index (χ4n) is 7.15. The number of piperidine rings is 2. The van der Waals surface area contributed by atoms with Crippen LogP contribution in [-0.4, -0.2) is 73.5 Å². The first kappa shape index (κ1) is 21.1. The topological polar surface area (TPSA) is 24.9 Å². The molecule has 0 saturated carbocycles. The summed E-state index contributed by atoms with van der Waals surface area (Å²) in [5.74, 6) is 0. The van der Waals surface area contributed by atoms with Crippen molar-refractivity contribution in [2.24, 2.45) is 10.8 Å². The Kier molecular flexibility index (Phi) is 5.90. The van der Waals surface area contributed by atoms with E-state index in [2.05, 4.69) is 37.5 Å². The number of likely N-dealkylation sites (tertiary alicyclic amines) is 2. The fraction of sp³-hybridized carbons (Fsp3) is 1.00. The maximum atomic E-state index is 6.03. The van der Waals surface area contributed by atoms with Gasteiger partial charge in [-0.15, -0.1) is 0 Å². The summed E-state index contributed by atoms with van der Waals surface area (Å²) in [5, 5.41) is 0. The molecule has 0 aromatic rings. The van der Waals surface area contributed by atoms with Crippen LogP contribution in [0.25, 0.3) is 0 Å². The molecule has 4 heteroatoms. The van der Waals surface area contributed by atoms with Gasteiger partial charge in [-0.1, -0.05) is 0 Å². The van der Waals surface area contributed by atoms with Gasteiger partial charge < -0.3 is 19.3 Å². The van der Waals surface area contributed by atoms with Gasteiger partial charge in [-0.25, -0.2) is 0 Å². The summed E-state index contributed by atoms with van der Waals surface area (Å²) in [4.78, 5) is 5.56. The van der Waals surface area contributed by atoms with Gasteiger partial charge in [0.2, 0.25) is 0 Å². The van der Waals surface area contributed by atoms with Gasteiger partial charge in [0.25, 0.3) is 0 Å². The average Bonchev–Trinajstić information content (AvgIpc) is 2.58. The normalized spacial score (nSPS) is 39.4. The van der Waals surface area contributed by atoms with Crippen LogP contribution in [0.5, 0.6) is 0 Å². The molecule has 4 heterocycles. The molecule has 0 aromatic carbocycles. The summed E-state index contributed by atoms with van der Waals surface area (Å²) in [5.41, 5.74) is 1.15. The molecule has 0 aliphatic carbocycles. The van der Waals surface area contributed by atoms with Crippen LogP contribution < -0.4 is 0 Å². The smallest absolute Gasteiger partial charge is 0.0632 e. The molecule has 0 unspecified atom stereocenters. The van der Waals surface area contributed by atoms with Gasteiger partial charge in [-0.3, -0.25) is 0 Å². The van der Waals surface area contributed by atoms with Crippen molar-refractivity contribution < 1.29 is 9.47 Å². The van der Waals surface area contributed by atoms with Crippen LogP contribution in [0, 0.1) is 10.8 Å². The standard InChI is InChI=1S/C24H44N2O2/c1-21(2)17-23(9-15-27-21)7-5-11-25(19-23)13-14-26-12-6-8-24(20-26)10-16-28-22(3,4)18-24/h5-20H2,1-4H3/t23-,24-/m0/s1. The van der Waals surface area contributed by atoms with E-state index in [0.717, 1.165) is 13.2 Å². The molecule has 162 valence electrons. The Morgan fingerprint density at radius 2 is 1.07 bits per heavy atom. The lowest BCUT2D eigenvalue weighted by Gasteiger charge is -2.51. The molecule has 0 aromatic heterocycles. The van der Waals surface area contributed by atoms with E-state index in [9.17, 15) is 0 Å². The largest absolute Gasteiger partial charge is 0.376 e. The highest BCUT2D eigenvalue weighted by molar-refractivity contribution is 4.96. The van der Waals surface area contributed by atoms with Gasteiger partial charge in [-0.2, -0.15) is 0 Å². The van der Waals surface area contributed by atoms with Crippen LogP contribution in [0.4, 0.5) is 0 Å². The second-order valence-corrected chi connectivity index (χ2v) is 11.8. The molecule has 0 bridgehead atoms. The van der Waals surface area contributed by atoms with Gasteiger partial charge >= 0.3 is 0 Å². The lowest BCUT2D eigenvalue weighted by atomic mass is 9.69. The Hall–Kier alpha value is -0.160. The van der Waals surface area contributed by atoms with E-state index in [1.165, 1.54) is 90.6 Å². The molecule has 4 fully saturated rings. The zero-order valence-electron chi connectivity index (χ0n) is 19.0. The summed E-state index contributed by atoms with van der Waals surface area (Å²) in [6.45, 7) is 18.7. The minimum absolute atomic E-state index is 0.0658. The maximum Gasteiger partial charge on any atom is 0.0632 e.